The molecule has 0 aromatic heterocycles. The van der Waals surface area contributed by atoms with Crippen LogP contribution in [-0.4, -0.2) is 29.1 Å². The van der Waals surface area contributed by atoms with Gasteiger partial charge < -0.3 is 10.1 Å². The molecule has 0 spiro atoms. The molecule has 0 radical (unpaired) electrons. The van der Waals surface area contributed by atoms with Crippen molar-refractivity contribution in [2.45, 2.75) is 32.8 Å². The molecule has 0 saturated carbocycles. The van der Waals surface area contributed by atoms with Gasteiger partial charge in [-0.25, -0.2) is 0 Å². The smallest absolute Gasteiger partial charge is 0.299 e. The summed E-state index contributed by atoms with van der Waals surface area (Å²) in [6, 6.07) is 3.57. The molecule has 8 nitrogen and oxygen atoms in total. The maximum atomic E-state index is 10.9. The van der Waals surface area contributed by atoms with Crippen molar-refractivity contribution in [1.29, 1.82) is 0 Å². The molecule has 21 heavy (non-hydrogen) atoms. The number of hydrogen-bond donors (Lipinski definition) is 1. The van der Waals surface area contributed by atoms with E-state index in [9.17, 15) is 20.2 Å². The van der Waals surface area contributed by atoms with Gasteiger partial charge in [0.25, 0.3) is 11.4 Å². The Balaban J connectivity index is 2.54. The van der Waals surface area contributed by atoms with Gasteiger partial charge in [0.1, 0.15) is 5.69 Å². The molecule has 0 amide bonds. The van der Waals surface area contributed by atoms with Crippen LogP contribution in [0, 0.1) is 20.2 Å². The average molecular weight is 297 g/mol. The lowest BCUT2D eigenvalue weighted by molar-refractivity contribution is -0.393. The summed E-state index contributed by atoms with van der Waals surface area (Å²) >= 11 is 0. The van der Waals surface area contributed by atoms with E-state index in [0.717, 1.165) is 18.9 Å². The van der Waals surface area contributed by atoms with E-state index in [2.05, 4.69) is 5.32 Å². The van der Waals surface area contributed by atoms with Crippen LogP contribution in [0.15, 0.2) is 18.2 Å². The Morgan fingerprint density at radius 2 is 1.90 bits per heavy atom. The number of nitro benzene ring substituents is 2. The fraction of sp³-hybridized carbons (Fsp3) is 0.538. The van der Waals surface area contributed by atoms with E-state index in [1.165, 1.54) is 12.1 Å². The molecule has 0 saturated heterocycles. The van der Waals surface area contributed by atoms with Crippen molar-refractivity contribution < 1.29 is 14.6 Å². The molecule has 1 aromatic rings. The van der Waals surface area contributed by atoms with E-state index in [1.54, 1.807) is 0 Å². The van der Waals surface area contributed by atoms with Crippen molar-refractivity contribution in [3.63, 3.8) is 0 Å². The van der Waals surface area contributed by atoms with Crippen LogP contribution in [0.2, 0.25) is 0 Å². The van der Waals surface area contributed by atoms with E-state index in [1.807, 2.05) is 13.8 Å². The molecule has 116 valence electrons. The van der Waals surface area contributed by atoms with Gasteiger partial charge in [0.15, 0.2) is 0 Å². The maximum Gasteiger partial charge on any atom is 0.299 e. The third-order valence-electron chi connectivity index (χ3n) is 2.73. The predicted molar refractivity (Wildman–Crippen MR) is 78.6 cm³/mol. The fourth-order valence-corrected chi connectivity index (χ4v) is 1.70. The molecule has 0 atom stereocenters. The minimum Gasteiger partial charge on any atom is -0.379 e. The molecular formula is C13H19N3O5. The van der Waals surface area contributed by atoms with Crippen LogP contribution in [-0.2, 0) is 4.74 Å². The predicted octanol–water partition coefficient (Wildman–Crippen LogP) is 3.12. The van der Waals surface area contributed by atoms with Gasteiger partial charge in [-0.3, -0.25) is 20.2 Å². The number of nitro groups is 2. The maximum absolute atomic E-state index is 10.9. The van der Waals surface area contributed by atoms with Crippen LogP contribution < -0.4 is 5.32 Å². The largest absolute Gasteiger partial charge is 0.379 e. The van der Waals surface area contributed by atoms with Crippen molar-refractivity contribution >= 4 is 17.1 Å². The summed E-state index contributed by atoms with van der Waals surface area (Å²) in [6.07, 6.45) is 1.82. The van der Waals surface area contributed by atoms with E-state index in [-0.39, 0.29) is 23.2 Å². The summed E-state index contributed by atoms with van der Waals surface area (Å²) < 4.78 is 5.39. The lowest BCUT2D eigenvalue weighted by atomic mass is 10.2. The van der Waals surface area contributed by atoms with Crippen molar-refractivity contribution in [2.24, 2.45) is 0 Å². The molecule has 0 heterocycles. The van der Waals surface area contributed by atoms with Gasteiger partial charge >= 0.3 is 0 Å². The molecule has 0 fully saturated rings. The summed E-state index contributed by atoms with van der Waals surface area (Å²) in [4.78, 5) is 20.3. The zero-order valence-electron chi connectivity index (χ0n) is 12.1. The van der Waals surface area contributed by atoms with Gasteiger partial charge in [-0.1, -0.05) is 0 Å². The number of non-ortho nitro benzene ring substituents is 1. The first-order valence-corrected chi connectivity index (χ1v) is 6.70. The molecule has 1 rings (SSSR count). The lowest BCUT2D eigenvalue weighted by Crippen LogP contribution is -2.08. The van der Waals surface area contributed by atoms with Crippen LogP contribution in [0.4, 0.5) is 17.1 Å². The Hall–Kier alpha value is -2.22. The molecule has 1 N–H and O–H groups in total. The molecule has 8 heteroatoms. The zero-order chi connectivity index (χ0) is 15.8. The standard InChI is InChI=1S/C13H19N3O5/c1-10(2)21-8-4-3-7-14-12-6-5-11(15(17)18)9-13(12)16(19)20/h5-6,9-10,14H,3-4,7-8H2,1-2H3. The number of nitrogens with one attached hydrogen (secondary N) is 1. The molecule has 0 aliphatic rings. The molecule has 1 aromatic carbocycles. The topological polar surface area (TPSA) is 108 Å². The fourth-order valence-electron chi connectivity index (χ4n) is 1.70. The lowest BCUT2D eigenvalue weighted by Gasteiger charge is -2.09. The minimum atomic E-state index is -0.653. The van der Waals surface area contributed by atoms with E-state index < -0.39 is 9.85 Å². The Morgan fingerprint density at radius 1 is 1.19 bits per heavy atom. The normalized spacial score (nSPS) is 10.6. The Labute approximate surface area is 122 Å². The second kappa shape index (κ2) is 8.15. The quantitative estimate of drug-likeness (QED) is 0.426. The van der Waals surface area contributed by atoms with Crippen molar-refractivity contribution in [3.8, 4) is 0 Å². The highest BCUT2D eigenvalue weighted by Gasteiger charge is 2.18. The summed E-state index contributed by atoms with van der Waals surface area (Å²) in [5.41, 5.74) is -0.296. The van der Waals surface area contributed by atoms with Gasteiger partial charge in [-0.15, -0.1) is 0 Å². The van der Waals surface area contributed by atoms with Gasteiger partial charge in [0, 0.05) is 19.2 Å². The number of ether oxygens (including phenoxy) is 1. The van der Waals surface area contributed by atoms with Gasteiger partial charge in [0.05, 0.1) is 22.0 Å². The zero-order valence-corrected chi connectivity index (χ0v) is 12.1. The first kappa shape index (κ1) is 16.8. The van der Waals surface area contributed by atoms with E-state index >= 15 is 0 Å². The molecular weight excluding hydrogens is 278 g/mol. The molecule has 0 aliphatic carbocycles. The first-order chi connectivity index (χ1) is 9.91. The van der Waals surface area contributed by atoms with E-state index in [0.29, 0.717) is 13.2 Å². The van der Waals surface area contributed by atoms with Crippen molar-refractivity contribution in [1.82, 2.24) is 0 Å². The second-order valence-corrected chi connectivity index (χ2v) is 4.77. The molecule has 0 aliphatic heterocycles. The summed E-state index contributed by atoms with van der Waals surface area (Å²) in [5, 5.41) is 24.5. The SMILES string of the molecule is CC(C)OCCCCNc1ccc([N+](=O)[O-])cc1[N+](=O)[O-]. The third kappa shape index (κ3) is 5.74. The number of nitrogens with zero attached hydrogens (tertiary/aromatic N) is 2. The monoisotopic (exact) mass is 297 g/mol. The minimum absolute atomic E-state index is 0.189. The highest BCUT2D eigenvalue weighted by Crippen LogP contribution is 2.28. The number of anilines is 1. The number of unbranched alkanes of at least 4 members (excludes halogenated alkanes) is 1. The Bertz CT molecular complexity index is 505. The highest BCUT2D eigenvalue weighted by molar-refractivity contribution is 5.65. The van der Waals surface area contributed by atoms with Crippen LogP contribution in [0.3, 0.4) is 0 Å². The van der Waals surface area contributed by atoms with Crippen LogP contribution in [0.1, 0.15) is 26.7 Å². The van der Waals surface area contributed by atoms with Crippen LogP contribution in [0.5, 0.6) is 0 Å². The average Bonchev–Trinajstić information content (AvgIpc) is 2.42. The first-order valence-electron chi connectivity index (χ1n) is 6.70. The second-order valence-electron chi connectivity index (χ2n) is 4.77. The highest BCUT2D eigenvalue weighted by atomic mass is 16.6. The number of rotatable bonds is 9. The summed E-state index contributed by atoms with van der Waals surface area (Å²) in [5.74, 6) is 0. The molecule has 0 unspecified atom stereocenters. The number of benzene rings is 1. The van der Waals surface area contributed by atoms with Gasteiger partial charge in [0.2, 0.25) is 0 Å². The Morgan fingerprint density at radius 3 is 2.48 bits per heavy atom. The van der Waals surface area contributed by atoms with Crippen LogP contribution >= 0.6 is 0 Å². The van der Waals surface area contributed by atoms with Gasteiger partial charge in [-0.2, -0.15) is 0 Å². The van der Waals surface area contributed by atoms with E-state index in [4.69, 9.17) is 4.74 Å². The van der Waals surface area contributed by atoms with Crippen molar-refractivity contribution in [3.05, 3.63) is 38.4 Å². The van der Waals surface area contributed by atoms with Crippen LogP contribution in [0.25, 0.3) is 0 Å². The summed E-state index contributed by atoms with van der Waals surface area (Å²) in [6.45, 7) is 5.10. The third-order valence-corrected chi connectivity index (χ3v) is 2.73. The Kier molecular flexibility index (Phi) is 6.54. The number of hydrogen-bond acceptors (Lipinski definition) is 6. The molecule has 0 bridgehead atoms. The van der Waals surface area contributed by atoms with Crippen molar-refractivity contribution in [2.75, 3.05) is 18.5 Å². The summed E-state index contributed by atoms with van der Waals surface area (Å²) in [7, 11) is 0. The van der Waals surface area contributed by atoms with Gasteiger partial charge in [-0.05, 0) is 32.8 Å².